The minimum atomic E-state index is -0.229. The Balaban J connectivity index is 2.99. The highest BCUT2D eigenvalue weighted by molar-refractivity contribution is 7.09. The Morgan fingerprint density at radius 3 is 2.42 bits per heavy atom. The molecule has 2 N–H and O–H groups in total. The van der Waals surface area contributed by atoms with Crippen LogP contribution in [0.5, 0.6) is 0 Å². The molecule has 0 fully saturated rings. The molecule has 2 unspecified atom stereocenters. The van der Waals surface area contributed by atoms with Crippen molar-refractivity contribution >= 4 is 11.3 Å². The van der Waals surface area contributed by atoms with Gasteiger partial charge in [0.2, 0.25) is 0 Å². The molecule has 0 radical (unpaired) electrons. The Hall–Kier alpha value is -0.450. The molecule has 0 aliphatic heterocycles. The van der Waals surface area contributed by atoms with E-state index < -0.39 is 0 Å². The monoisotopic (exact) mass is 284 g/mol. The molecule has 1 heterocycles. The standard InChI is InChI=1S/C15H28N2OS/c1-6-11(5)13(16)12-10-19-14(17-12)15(7-2,8-3)18-9-4/h10-11,13H,6-9,16H2,1-5H3. The average molecular weight is 284 g/mol. The minimum absolute atomic E-state index is 0.0306. The maximum absolute atomic E-state index is 6.27. The van der Waals surface area contributed by atoms with E-state index in [9.17, 15) is 0 Å². The Morgan fingerprint density at radius 2 is 1.95 bits per heavy atom. The van der Waals surface area contributed by atoms with Gasteiger partial charge in [-0.2, -0.15) is 0 Å². The number of hydrogen-bond acceptors (Lipinski definition) is 4. The molecule has 0 aliphatic carbocycles. The first-order valence-corrected chi connectivity index (χ1v) is 8.27. The zero-order valence-electron chi connectivity index (χ0n) is 12.9. The summed E-state index contributed by atoms with van der Waals surface area (Å²) in [4.78, 5) is 4.78. The van der Waals surface area contributed by atoms with Gasteiger partial charge in [-0.1, -0.05) is 34.1 Å². The van der Waals surface area contributed by atoms with Crippen LogP contribution >= 0.6 is 11.3 Å². The molecular weight excluding hydrogens is 256 g/mol. The highest BCUT2D eigenvalue weighted by Crippen LogP contribution is 2.36. The van der Waals surface area contributed by atoms with Crippen molar-refractivity contribution in [2.24, 2.45) is 11.7 Å². The molecule has 0 saturated carbocycles. The number of ether oxygens (including phenoxy) is 1. The van der Waals surface area contributed by atoms with Crippen LogP contribution in [0.3, 0.4) is 0 Å². The van der Waals surface area contributed by atoms with E-state index in [0.717, 1.165) is 30.0 Å². The van der Waals surface area contributed by atoms with Gasteiger partial charge < -0.3 is 10.5 Å². The molecule has 2 atom stereocenters. The van der Waals surface area contributed by atoms with Gasteiger partial charge in [0.25, 0.3) is 0 Å². The van der Waals surface area contributed by atoms with Gasteiger partial charge in [0.15, 0.2) is 0 Å². The van der Waals surface area contributed by atoms with Crippen LogP contribution in [-0.4, -0.2) is 11.6 Å². The van der Waals surface area contributed by atoms with Gasteiger partial charge in [-0.15, -0.1) is 11.3 Å². The van der Waals surface area contributed by atoms with Crippen molar-refractivity contribution in [2.75, 3.05) is 6.61 Å². The Bertz CT molecular complexity index is 374. The van der Waals surface area contributed by atoms with E-state index in [4.69, 9.17) is 15.5 Å². The van der Waals surface area contributed by atoms with Crippen molar-refractivity contribution in [3.05, 3.63) is 16.1 Å². The van der Waals surface area contributed by atoms with Crippen LogP contribution in [-0.2, 0) is 10.3 Å². The summed E-state index contributed by atoms with van der Waals surface area (Å²) in [5, 5.41) is 3.18. The van der Waals surface area contributed by atoms with E-state index in [-0.39, 0.29) is 11.6 Å². The second kappa shape index (κ2) is 7.36. The largest absolute Gasteiger partial charge is 0.368 e. The predicted octanol–water partition coefficient (Wildman–Crippen LogP) is 4.24. The third kappa shape index (κ3) is 3.56. The Morgan fingerprint density at radius 1 is 1.32 bits per heavy atom. The molecule has 4 heteroatoms. The van der Waals surface area contributed by atoms with E-state index in [1.807, 2.05) is 6.92 Å². The van der Waals surface area contributed by atoms with Crippen LogP contribution in [0.15, 0.2) is 5.38 Å². The molecule has 1 rings (SSSR count). The van der Waals surface area contributed by atoms with Gasteiger partial charge in [0.1, 0.15) is 10.6 Å². The number of thiazole rings is 1. The smallest absolute Gasteiger partial charge is 0.125 e. The van der Waals surface area contributed by atoms with Gasteiger partial charge in [0, 0.05) is 12.0 Å². The average Bonchev–Trinajstić information content (AvgIpc) is 2.93. The van der Waals surface area contributed by atoms with Gasteiger partial charge in [-0.25, -0.2) is 4.98 Å². The Labute approximate surface area is 121 Å². The Kier molecular flexibility index (Phi) is 6.43. The van der Waals surface area contributed by atoms with E-state index in [0.29, 0.717) is 12.5 Å². The lowest BCUT2D eigenvalue weighted by atomic mass is 9.96. The normalized spacial score (nSPS) is 15.5. The maximum atomic E-state index is 6.27. The van der Waals surface area contributed by atoms with Crippen LogP contribution in [0.25, 0.3) is 0 Å². The second-order valence-corrected chi connectivity index (χ2v) is 5.98. The third-order valence-corrected chi connectivity index (χ3v) is 5.12. The summed E-state index contributed by atoms with van der Waals surface area (Å²) in [6, 6.07) is 0.0306. The summed E-state index contributed by atoms with van der Waals surface area (Å²) in [6.45, 7) is 11.4. The lowest BCUT2D eigenvalue weighted by Crippen LogP contribution is -2.28. The molecule has 1 aromatic heterocycles. The first-order valence-electron chi connectivity index (χ1n) is 7.39. The molecule has 0 bridgehead atoms. The highest BCUT2D eigenvalue weighted by Gasteiger charge is 2.33. The summed E-state index contributed by atoms with van der Waals surface area (Å²) in [6.07, 6.45) is 2.97. The number of nitrogens with two attached hydrogens (primary N) is 1. The van der Waals surface area contributed by atoms with Crippen molar-refractivity contribution < 1.29 is 4.74 Å². The van der Waals surface area contributed by atoms with E-state index >= 15 is 0 Å². The quantitative estimate of drug-likeness (QED) is 0.776. The molecule has 0 aromatic carbocycles. The van der Waals surface area contributed by atoms with Crippen molar-refractivity contribution in [1.29, 1.82) is 0 Å². The highest BCUT2D eigenvalue weighted by atomic mass is 32.1. The molecule has 0 saturated heterocycles. The fourth-order valence-corrected chi connectivity index (χ4v) is 3.45. The van der Waals surface area contributed by atoms with E-state index in [1.165, 1.54) is 0 Å². The fraction of sp³-hybridized carbons (Fsp3) is 0.800. The maximum Gasteiger partial charge on any atom is 0.125 e. The van der Waals surface area contributed by atoms with Crippen LogP contribution in [0.1, 0.15) is 70.6 Å². The first-order chi connectivity index (χ1) is 9.04. The zero-order valence-corrected chi connectivity index (χ0v) is 13.7. The summed E-state index contributed by atoms with van der Waals surface area (Å²) in [5.41, 5.74) is 7.05. The fourth-order valence-electron chi connectivity index (χ4n) is 2.29. The van der Waals surface area contributed by atoms with Crippen molar-refractivity contribution in [1.82, 2.24) is 4.98 Å². The summed E-state index contributed by atoms with van der Waals surface area (Å²) in [7, 11) is 0. The van der Waals surface area contributed by atoms with E-state index in [1.54, 1.807) is 11.3 Å². The van der Waals surface area contributed by atoms with Crippen molar-refractivity contribution in [3.63, 3.8) is 0 Å². The molecular formula is C15H28N2OS. The summed E-state index contributed by atoms with van der Waals surface area (Å²) in [5.74, 6) is 0.458. The predicted molar refractivity (Wildman–Crippen MR) is 82.4 cm³/mol. The minimum Gasteiger partial charge on any atom is -0.368 e. The van der Waals surface area contributed by atoms with Crippen LogP contribution in [0.4, 0.5) is 0 Å². The van der Waals surface area contributed by atoms with Gasteiger partial charge in [0.05, 0.1) is 11.7 Å². The summed E-state index contributed by atoms with van der Waals surface area (Å²) < 4.78 is 6.00. The number of nitrogens with zero attached hydrogens (tertiary/aromatic N) is 1. The molecule has 1 aromatic rings. The topological polar surface area (TPSA) is 48.1 Å². The molecule has 0 spiro atoms. The molecule has 3 nitrogen and oxygen atoms in total. The lowest BCUT2D eigenvalue weighted by Gasteiger charge is -2.29. The van der Waals surface area contributed by atoms with Crippen molar-refractivity contribution in [3.8, 4) is 0 Å². The third-order valence-electron chi connectivity index (χ3n) is 4.07. The van der Waals surface area contributed by atoms with Gasteiger partial charge in [-0.05, 0) is 25.7 Å². The molecule has 0 amide bonds. The van der Waals surface area contributed by atoms with Gasteiger partial charge >= 0.3 is 0 Å². The van der Waals surface area contributed by atoms with Crippen molar-refractivity contribution in [2.45, 2.75) is 65.5 Å². The van der Waals surface area contributed by atoms with Crippen LogP contribution in [0.2, 0.25) is 0 Å². The number of hydrogen-bond donors (Lipinski definition) is 1. The van der Waals surface area contributed by atoms with Gasteiger partial charge in [-0.3, -0.25) is 0 Å². The molecule has 110 valence electrons. The number of rotatable bonds is 8. The first kappa shape index (κ1) is 16.6. The van der Waals surface area contributed by atoms with Crippen LogP contribution in [0, 0.1) is 5.92 Å². The van der Waals surface area contributed by atoms with Crippen LogP contribution < -0.4 is 5.73 Å². The van der Waals surface area contributed by atoms with E-state index in [2.05, 4.69) is 33.1 Å². The molecule has 19 heavy (non-hydrogen) atoms. The zero-order chi connectivity index (χ0) is 14.5. The summed E-state index contributed by atoms with van der Waals surface area (Å²) >= 11 is 1.69. The lowest BCUT2D eigenvalue weighted by molar-refractivity contribution is -0.0507. The second-order valence-electron chi connectivity index (χ2n) is 5.12. The molecule has 0 aliphatic rings. The number of aromatic nitrogens is 1. The SMILES string of the molecule is CCOC(CC)(CC)c1nc(C(N)C(C)CC)cs1.